The average molecular weight is 393 g/mol. The van der Waals surface area contributed by atoms with E-state index in [0.29, 0.717) is 24.1 Å². The first-order valence-electron chi connectivity index (χ1n) is 6.97. The van der Waals surface area contributed by atoms with Gasteiger partial charge in [0.25, 0.3) is 0 Å². The fourth-order valence-electron chi connectivity index (χ4n) is 1.91. The van der Waals surface area contributed by atoms with Crippen LogP contribution in [0.3, 0.4) is 0 Å². The molecule has 1 atom stereocenters. The van der Waals surface area contributed by atoms with Crippen LogP contribution in [0.4, 0.5) is 0 Å². The van der Waals surface area contributed by atoms with E-state index in [1.54, 1.807) is 18.3 Å². The summed E-state index contributed by atoms with van der Waals surface area (Å²) in [5.74, 6) is 0.242. The number of hydrogen-bond donors (Lipinski definition) is 2. The molecule has 1 unspecified atom stereocenters. The molecule has 0 saturated carbocycles. The molecule has 8 heteroatoms. The first-order chi connectivity index (χ1) is 10.7. The lowest BCUT2D eigenvalue weighted by Crippen LogP contribution is -2.30. The van der Waals surface area contributed by atoms with E-state index >= 15 is 0 Å². The number of nitrogens with zero attached hydrogens (tertiary/aromatic N) is 1. The highest BCUT2D eigenvalue weighted by atomic mass is 35.5. The third-order valence-corrected chi connectivity index (χ3v) is 3.31. The summed E-state index contributed by atoms with van der Waals surface area (Å²) in [6, 6.07) is 12.6. The van der Waals surface area contributed by atoms with E-state index in [9.17, 15) is 4.79 Å². The molecule has 2 aromatic rings. The summed E-state index contributed by atoms with van der Waals surface area (Å²) in [6.45, 7) is 0.663. The van der Waals surface area contributed by atoms with Crippen LogP contribution >= 0.6 is 36.4 Å². The van der Waals surface area contributed by atoms with Crippen LogP contribution in [0, 0.1) is 0 Å². The van der Waals surface area contributed by atoms with Crippen molar-refractivity contribution in [2.45, 2.75) is 12.5 Å². The van der Waals surface area contributed by atoms with Gasteiger partial charge in [0.05, 0.1) is 6.54 Å². The van der Waals surface area contributed by atoms with E-state index in [1.165, 1.54) is 0 Å². The lowest BCUT2D eigenvalue weighted by Gasteiger charge is -2.12. The number of pyridine rings is 1. The number of aromatic nitrogens is 1. The smallest absolute Gasteiger partial charge is 0.232 e. The van der Waals surface area contributed by atoms with Crippen LogP contribution in [-0.2, 0) is 4.79 Å². The lowest BCUT2D eigenvalue weighted by molar-refractivity contribution is -0.121. The highest BCUT2D eigenvalue weighted by molar-refractivity contribution is 6.31. The highest BCUT2D eigenvalue weighted by Gasteiger charge is 2.11. The fraction of sp³-hybridized carbons (Fsp3) is 0.250. The molecule has 132 valence electrons. The Bertz CT molecular complexity index is 615. The SMILES string of the molecule is Cl.Cl.NC(CC(=O)NCCOc1ncccc1Cl)c1ccccc1. The summed E-state index contributed by atoms with van der Waals surface area (Å²) in [5, 5.41) is 3.20. The maximum atomic E-state index is 11.8. The van der Waals surface area contributed by atoms with E-state index in [-0.39, 0.29) is 43.2 Å². The van der Waals surface area contributed by atoms with Crippen LogP contribution in [0.5, 0.6) is 5.88 Å². The van der Waals surface area contributed by atoms with E-state index < -0.39 is 0 Å². The van der Waals surface area contributed by atoms with Gasteiger partial charge in [-0.2, -0.15) is 0 Å². The Morgan fingerprint density at radius 1 is 1.21 bits per heavy atom. The first-order valence-corrected chi connectivity index (χ1v) is 7.35. The van der Waals surface area contributed by atoms with Crippen molar-refractivity contribution in [1.29, 1.82) is 0 Å². The van der Waals surface area contributed by atoms with Crippen molar-refractivity contribution in [2.75, 3.05) is 13.2 Å². The molecule has 3 N–H and O–H groups in total. The summed E-state index contributed by atoms with van der Waals surface area (Å²) in [4.78, 5) is 15.8. The van der Waals surface area contributed by atoms with Gasteiger partial charge in [0, 0.05) is 18.7 Å². The van der Waals surface area contributed by atoms with Crippen LogP contribution in [0.15, 0.2) is 48.7 Å². The van der Waals surface area contributed by atoms with Crippen molar-refractivity contribution < 1.29 is 9.53 Å². The molecule has 0 saturated heterocycles. The van der Waals surface area contributed by atoms with Crippen molar-refractivity contribution in [3.63, 3.8) is 0 Å². The minimum atomic E-state index is -0.313. The summed E-state index contributed by atoms with van der Waals surface area (Å²) in [5.41, 5.74) is 6.93. The summed E-state index contributed by atoms with van der Waals surface area (Å²) < 4.78 is 5.39. The van der Waals surface area contributed by atoms with Crippen LogP contribution in [0.2, 0.25) is 5.02 Å². The van der Waals surface area contributed by atoms with Crippen molar-refractivity contribution in [1.82, 2.24) is 10.3 Å². The molecular formula is C16H20Cl3N3O2. The van der Waals surface area contributed by atoms with Crippen LogP contribution in [-0.4, -0.2) is 24.0 Å². The van der Waals surface area contributed by atoms with Crippen LogP contribution in [0.1, 0.15) is 18.0 Å². The molecule has 2 rings (SSSR count). The minimum absolute atomic E-state index is 0. The molecule has 0 spiro atoms. The maximum Gasteiger partial charge on any atom is 0.232 e. The van der Waals surface area contributed by atoms with Gasteiger partial charge in [0.2, 0.25) is 11.8 Å². The molecule has 0 bridgehead atoms. The van der Waals surface area contributed by atoms with E-state index in [4.69, 9.17) is 22.1 Å². The molecule has 0 aliphatic carbocycles. The molecule has 5 nitrogen and oxygen atoms in total. The Morgan fingerprint density at radius 3 is 2.58 bits per heavy atom. The maximum absolute atomic E-state index is 11.8. The Hall–Kier alpha value is -1.53. The molecule has 0 aliphatic heterocycles. The molecule has 1 aromatic carbocycles. The monoisotopic (exact) mass is 391 g/mol. The second kappa shape index (κ2) is 11.9. The second-order valence-corrected chi connectivity index (χ2v) is 5.12. The number of hydrogen-bond acceptors (Lipinski definition) is 4. The van der Waals surface area contributed by atoms with Gasteiger partial charge < -0.3 is 15.8 Å². The number of carbonyl (C=O) groups is 1. The number of benzene rings is 1. The van der Waals surface area contributed by atoms with Gasteiger partial charge in [-0.15, -0.1) is 24.8 Å². The standard InChI is InChI=1S/C16H18ClN3O2.2ClH/c17-13-7-4-8-20-16(13)22-10-9-19-15(21)11-14(18)12-5-2-1-3-6-12;;/h1-8,14H,9-11,18H2,(H,19,21);2*1H. The number of nitrogens with one attached hydrogen (secondary N) is 1. The second-order valence-electron chi connectivity index (χ2n) is 4.71. The van der Waals surface area contributed by atoms with Gasteiger partial charge in [-0.05, 0) is 17.7 Å². The molecule has 0 aliphatic rings. The Kier molecular flexibility index (Phi) is 11.2. The Labute approximate surface area is 158 Å². The van der Waals surface area contributed by atoms with E-state index in [1.807, 2.05) is 30.3 Å². The van der Waals surface area contributed by atoms with E-state index in [2.05, 4.69) is 10.3 Å². The van der Waals surface area contributed by atoms with E-state index in [0.717, 1.165) is 5.56 Å². The van der Waals surface area contributed by atoms with Crippen molar-refractivity contribution in [3.05, 3.63) is 59.2 Å². The van der Waals surface area contributed by atoms with Crippen molar-refractivity contribution in [3.8, 4) is 5.88 Å². The predicted octanol–water partition coefficient (Wildman–Crippen LogP) is 3.16. The van der Waals surface area contributed by atoms with Crippen molar-refractivity contribution in [2.24, 2.45) is 5.73 Å². The highest BCUT2D eigenvalue weighted by Crippen LogP contribution is 2.19. The average Bonchev–Trinajstić information content (AvgIpc) is 2.54. The molecule has 1 heterocycles. The molecule has 0 radical (unpaired) electrons. The normalized spacial score (nSPS) is 10.8. The van der Waals surface area contributed by atoms with Gasteiger partial charge in [0.15, 0.2) is 0 Å². The first kappa shape index (κ1) is 22.5. The number of ether oxygens (including phenoxy) is 1. The van der Waals surface area contributed by atoms with Crippen LogP contribution < -0.4 is 15.8 Å². The number of nitrogens with two attached hydrogens (primary N) is 1. The summed E-state index contributed by atoms with van der Waals surface area (Å²) >= 11 is 5.91. The van der Waals surface area contributed by atoms with Gasteiger partial charge in [-0.25, -0.2) is 4.98 Å². The number of carbonyl (C=O) groups excluding carboxylic acids is 1. The van der Waals surface area contributed by atoms with Gasteiger partial charge in [-0.1, -0.05) is 41.9 Å². The van der Waals surface area contributed by atoms with Gasteiger partial charge in [-0.3, -0.25) is 4.79 Å². The largest absolute Gasteiger partial charge is 0.475 e. The third kappa shape index (κ3) is 7.36. The Morgan fingerprint density at radius 2 is 1.92 bits per heavy atom. The fourth-order valence-corrected chi connectivity index (χ4v) is 2.08. The van der Waals surface area contributed by atoms with Gasteiger partial charge >= 0.3 is 0 Å². The van der Waals surface area contributed by atoms with Gasteiger partial charge in [0.1, 0.15) is 11.6 Å². The Balaban J connectivity index is 0.00000264. The quantitative estimate of drug-likeness (QED) is 0.710. The topological polar surface area (TPSA) is 77.2 Å². The number of amides is 1. The number of rotatable bonds is 7. The molecule has 24 heavy (non-hydrogen) atoms. The summed E-state index contributed by atoms with van der Waals surface area (Å²) in [7, 11) is 0. The summed E-state index contributed by atoms with van der Waals surface area (Å²) in [6.07, 6.45) is 1.83. The van der Waals surface area contributed by atoms with Crippen molar-refractivity contribution >= 4 is 42.3 Å². The lowest BCUT2D eigenvalue weighted by atomic mass is 10.0. The third-order valence-electron chi connectivity index (χ3n) is 3.02. The zero-order valence-electron chi connectivity index (χ0n) is 12.9. The predicted molar refractivity (Wildman–Crippen MR) is 100 cm³/mol. The number of halogens is 3. The molecular weight excluding hydrogens is 373 g/mol. The molecule has 1 aromatic heterocycles. The van der Waals surface area contributed by atoms with Crippen LogP contribution in [0.25, 0.3) is 0 Å². The molecule has 1 amide bonds. The zero-order chi connectivity index (χ0) is 15.8. The zero-order valence-corrected chi connectivity index (χ0v) is 15.2. The minimum Gasteiger partial charge on any atom is -0.475 e. The molecule has 0 fully saturated rings.